The number of nitrogens with zero attached hydrogens (tertiary/aromatic N) is 2. The van der Waals surface area contributed by atoms with E-state index >= 15 is 0 Å². The Balaban J connectivity index is 1.76. The molecular formula is C16H20N6O4S. The molecule has 3 rings (SSSR count). The van der Waals surface area contributed by atoms with Gasteiger partial charge in [-0.25, -0.2) is 18.1 Å². The highest BCUT2D eigenvalue weighted by Crippen LogP contribution is 2.26. The molecule has 1 saturated carbocycles. The fraction of sp³-hybridized carbons (Fsp3) is 0.312. The van der Waals surface area contributed by atoms with Crippen molar-refractivity contribution >= 4 is 33.4 Å². The van der Waals surface area contributed by atoms with Gasteiger partial charge >= 0.3 is 0 Å². The summed E-state index contributed by atoms with van der Waals surface area (Å²) in [4.78, 5) is 19.9. The summed E-state index contributed by atoms with van der Waals surface area (Å²) in [5.41, 5.74) is 6.13. The second kappa shape index (κ2) is 7.86. The van der Waals surface area contributed by atoms with E-state index < -0.39 is 15.9 Å². The lowest BCUT2D eigenvalue weighted by atomic mass is 10.3. The molecule has 1 amide bonds. The summed E-state index contributed by atoms with van der Waals surface area (Å²) < 4.78 is 26.3. The largest absolute Gasteiger partial charge is 0.395 e. The van der Waals surface area contributed by atoms with Gasteiger partial charge in [0.15, 0.2) is 0 Å². The molecule has 1 heterocycles. The standard InChI is InChI=1S/C16H20N6O4S/c17-14(24)13-9-18-16(22-15(13)20-10-1-2-10)21-11-3-5-12(6-4-11)27(25,26)19-7-8-23/h3-6,9-10,19,23H,1-2,7-8H2,(H2,17,24)(H2,18,20,21,22). The first kappa shape index (κ1) is 19.0. The number of carbonyl (C=O) groups excluding carboxylic acids is 1. The summed E-state index contributed by atoms with van der Waals surface area (Å²) in [6.07, 6.45) is 3.36. The summed E-state index contributed by atoms with van der Waals surface area (Å²) in [6, 6.07) is 6.24. The van der Waals surface area contributed by atoms with Crippen LogP contribution >= 0.6 is 0 Å². The fourth-order valence-electron chi connectivity index (χ4n) is 2.26. The summed E-state index contributed by atoms with van der Waals surface area (Å²) in [7, 11) is -3.67. The van der Waals surface area contributed by atoms with Crippen molar-refractivity contribution in [1.29, 1.82) is 0 Å². The average Bonchev–Trinajstić information content (AvgIpc) is 3.44. The number of aromatic nitrogens is 2. The van der Waals surface area contributed by atoms with Gasteiger partial charge in [0.05, 0.1) is 17.1 Å². The van der Waals surface area contributed by atoms with Crippen LogP contribution in [-0.2, 0) is 10.0 Å². The van der Waals surface area contributed by atoms with Crippen molar-refractivity contribution in [3.63, 3.8) is 0 Å². The monoisotopic (exact) mass is 392 g/mol. The van der Waals surface area contributed by atoms with Crippen LogP contribution in [0.1, 0.15) is 23.2 Å². The van der Waals surface area contributed by atoms with Crippen LogP contribution in [0.4, 0.5) is 17.5 Å². The van der Waals surface area contributed by atoms with Crippen molar-refractivity contribution in [2.75, 3.05) is 23.8 Å². The Kier molecular flexibility index (Phi) is 5.54. The number of amides is 1. The number of anilines is 3. The third-order valence-electron chi connectivity index (χ3n) is 3.80. The first-order valence-electron chi connectivity index (χ1n) is 8.30. The highest BCUT2D eigenvalue weighted by Gasteiger charge is 2.24. The molecule has 2 aromatic rings. The number of benzene rings is 1. The van der Waals surface area contributed by atoms with Crippen LogP contribution < -0.4 is 21.1 Å². The molecule has 0 saturated heterocycles. The van der Waals surface area contributed by atoms with E-state index in [9.17, 15) is 13.2 Å². The Hall–Kier alpha value is -2.76. The van der Waals surface area contributed by atoms with Gasteiger partial charge in [-0.3, -0.25) is 4.79 Å². The minimum Gasteiger partial charge on any atom is -0.395 e. The third kappa shape index (κ3) is 4.90. The maximum atomic E-state index is 12.0. The highest BCUT2D eigenvalue weighted by molar-refractivity contribution is 7.89. The Bertz CT molecular complexity index is 928. The van der Waals surface area contributed by atoms with Crippen LogP contribution in [0, 0.1) is 0 Å². The molecular weight excluding hydrogens is 372 g/mol. The molecule has 144 valence electrons. The summed E-state index contributed by atoms with van der Waals surface area (Å²) in [5, 5.41) is 14.8. The molecule has 1 aromatic carbocycles. The molecule has 1 fully saturated rings. The van der Waals surface area contributed by atoms with Crippen LogP contribution in [0.15, 0.2) is 35.4 Å². The van der Waals surface area contributed by atoms with Crippen LogP contribution in [0.3, 0.4) is 0 Å². The number of aliphatic hydroxyl groups is 1. The van der Waals surface area contributed by atoms with E-state index in [1.807, 2.05) is 0 Å². The summed E-state index contributed by atoms with van der Waals surface area (Å²) in [6.45, 7) is -0.339. The van der Waals surface area contributed by atoms with Crippen molar-refractivity contribution in [3.8, 4) is 0 Å². The van der Waals surface area contributed by atoms with Crippen molar-refractivity contribution in [1.82, 2.24) is 14.7 Å². The van der Waals surface area contributed by atoms with Gasteiger partial charge in [0.1, 0.15) is 5.82 Å². The lowest BCUT2D eigenvalue weighted by molar-refractivity contribution is 0.100. The zero-order chi connectivity index (χ0) is 19.4. The minimum atomic E-state index is -3.67. The Morgan fingerprint density at radius 2 is 1.96 bits per heavy atom. The first-order valence-corrected chi connectivity index (χ1v) is 9.78. The van der Waals surface area contributed by atoms with E-state index in [4.69, 9.17) is 10.8 Å². The molecule has 1 aliphatic carbocycles. The molecule has 10 nitrogen and oxygen atoms in total. The van der Waals surface area contributed by atoms with E-state index in [2.05, 4.69) is 25.3 Å². The van der Waals surface area contributed by atoms with Gasteiger partial charge in [-0.2, -0.15) is 4.98 Å². The number of nitrogens with one attached hydrogen (secondary N) is 3. The van der Waals surface area contributed by atoms with Crippen molar-refractivity contribution in [3.05, 3.63) is 36.0 Å². The molecule has 1 aromatic heterocycles. The van der Waals surface area contributed by atoms with Crippen molar-refractivity contribution < 1.29 is 18.3 Å². The third-order valence-corrected chi connectivity index (χ3v) is 5.27. The Labute approximate surface area is 156 Å². The Morgan fingerprint density at radius 3 is 2.56 bits per heavy atom. The molecule has 1 aliphatic rings. The lowest BCUT2D eigenvalue weighted by Gasteiger charge is -2.11. The molecule has 11 heteroatoms. The molecule has 0 atom stereocenters. The maximum absolute atomic E-state index is 12.0. The van der Waals surface area contributed by atoms with E-state index in [0.717, 1.165) is 12.8 Å². The molecule has 0 radical (unpaired) electrons. The number of rotatable bonds is 9. The summed E-state index contributed by atoms with van der Waals surface area (Å²) >= 11 is 0. The predicted octanol–water partition coefficient (Wildman–Crippen LogP) is 0.164. The lowest BCUT2D eigenvalue weighted by Crippen LogP contribution is -2.26. The van der Waals surface area contributed by atoms with Gasteiger partial charge in [0.25, 0.3) is 5.91 Å². The zero-order valence-electron chi connectivity index (χ0n) is 14.3. The van der Waals surface area contributed by atoms with Crippen LogP contribution in [0.2, 0.25) is 0 Å². The highest BCUT2D eigenvalue weighted by atomic mass is 32.2. The predicted molar refractivity (Wildman–Crippen MR) is 99.2 cm³/mol. The number of carbonyl (C=O) groups is 1. The average molecular weight is 392 g/mol. The van der Waals surface area contributed by atoms with E-state index in [1.54, 1.807) is 12.1 Å². The first-order chi connectivity index (χ1) is 12.9. The van der Waals surface area contributed by atoms with Gasteiger partial charge in [-0.15, -0.1) is 0 Å². The van der Waals surface area contributed by atoms with Gasteiger partial charge in [-0.05, 0) is 37.1 Å². The normalized spacial score (nSPS) is 14.0. The number of primary amides is 1. The number of hydrogen-bond donors (Lipinski definition) is 5. The molecule has 0 spiro atoms. The molecule has 0 bridgehead atoms. The van der Waals surface area contributed by atoms with Crippen molar-refractivity contribution in [2.45, 2.75) is 23.8 Å². The topological polar surface area (TPSA) is 159 Å². The summed E-state index contributed by atoms with van der Waals surface area (Å²) in [5.74, 6) is 0.00158. The second-order valence-corrected chi connectivity index (χ2v) is 7.78. The Morgan fingerprint density at radius 1 is 1.26 bits per heavy atom. The van der Waals surface area contributed by atoms with Crippen LogP contribution in [-0.4, -0.2) is 48.6 Å². The maximum Gasteiger partial charge on any atom is 0.254 e. The molecule has 27 heavy (non-hydrogen) atoms. The quantitative estimate of drug-likeness (QED) is 0.403. The zero-order valence-corrected chi connectivity index (χ0v) is 15.2. The van der Waals surface area contributed by atoms with Gasteiger partial charge in [-0.1, -0.05) is 0 Å². The molecule has 6 N–H and O–H groups in total. The molecule has 0 aliphatic heterocycles. The van der Waals surface area contributed by atoms with Gasteiger partial charge in [0.2, 0.25) is 16.0 Å². The number of sulfonamides is 1. The van der Waals surface area contributed by atoms with Gasteiger partial charge < -0.3 is 21.5 Å². The number of nitrogens with two attached hydrogens (primary N) is 1. The smallest absolute Gasteiger partial charge is 0.254 e. The van der Waals surface area contributed by atoms with Crippen LogP contribution in [0.5, 0.6) is 0 Å². The van der Waals surface area contributed by atoms with E-state index in [1.165, 1.54) is 18.3 Å². The minimum absolute atomic E-state index is 0.0564. The molecule has 0 unspecified atom stereocenters. The van der Waals surface area contributed by atoms with Crippen molar-refractivity contribution in [2.24, 2.45) is 5.73 Å². The van der Waals surface area contributed by atoms with E-state index in [-0.39, 0.29) is 35.6 Å². The van der Waals surface area contributed by atoms with Crippen LogP contribution in [0.25, 0.3) is 0 Å². The van der Waals surface area contributed by atoms with E-state index in [0.29, 0.717) is 11.5 Å². The number of hydrogen-bond acceptors (Lipinski definition) is 8. The number of aliphatic hydroxyl groups excluding tert-OH is 1. The SMILES string of the molecule is NC(=O)c1cnc(Nc2ccc(S(=O)(=O)NCCO)cc2)nc1NC1CC1. The second-order valence-electron chi connectivity index (χ2n) is 6.01. The van der Waals surface area contributed by atoms with Gasteiger partial charge in [0, 0.05) is 24.5 Å². The fourth-order valence-corrected chi connectivity index (χ4v) is 3.28.